The van der Waals surface area contributed by atoms with Gasteiger partial charge in [-0.3, -0.25) is 10.1 Å². The summed E-state index contributed by atoms with van der Waals surface area (Å²) in [7, 11) is 0. The van der Waals surface area contributed by atoms with Crippen molar-refractivity contribution < 1.29 is 4.79 Å². The Morgan fingerprint density at radius 1 is 1.19 bits per heavy atom. The second-order valence-electron chi connectivity index (χ2n) is 4.59. The van der Waals surface area contributed by atoms with Crippen molar-refractivity contribution in [2.45, 2.75) is 13.5 Å². The first kappa shape index (κ1) is 15.5. The van der Waals surface area contributed by atoms with Crippen molar-refractivity contribution in [1.82, 2.24) is 10.6 Å². The Morgan fingerprint density at radius 3 is 2.57 bits per heavy atom. The van der Waals surface area contributed by atoms with Crippen LogP contribution in [0.1, 0.15) is 21.5 Å². The number of carbonyl (C=O) groups is 1. The van der Waals surface area contributed by atoms with E-state index < -0.39 is 0 Å². The lowest BCUT2D eigenvalue weighted by molar-refractivity contribution is 0.0976. The van der Waals surface area contributed by atoms with Crippen molar-refractivity contribution in [2.75, 3.05) is 0 Å². The number of aryl methyl sites for hydroxylation is 1. The number of carbonyl (C=O) groups excluding carboxylic acids is 1. The molecule has 0 bridgehead atoms. The van der Waals surface area contributed by atoms with E-state index in [1.807, 2.05) is 37.3 Å². The van der Waals surface area contributed by atoms with Gasteiger partial charge in [0, 0.05) is 17.1 Å². The van der Waals surface area contributed by atoms with Crippen LogP contribution in [0.3, 0.4) is 0 Å². The molecule has 2 rings (SSSR count). The number of hydrogen-bond donors (Lipinski definition) is 2. The molecule has 0 saturated heterocycles. The van der Waals surface area contributed by atoms with Crippen LogP contribution in [-0.4, -0.2) is 11.0 Å². The molecule has 2 aromatic carbocycles. The van der Waals surface area contributed by atoms with Gasteiger partial charge in [-0.15, -0.1) is 0 Å². The molecule has 0 saturated carbocycles. The van der Waals surface area contributed by atoms with Crippen molar-refractivity contribution in [3.05, 3.63) is 70.2 Å². The van der Waals surface area contributed by atoms with Gasteiger partial charge in [-0.25, -0.2) is 0 Å². The Kier molecular flexibility index (Phi) is 5.31. The molecule has 5 heteroatoms. The largest absolute Gasteiger partial charge is 0.358 e. The van der Waals surface area contributed by atoms with Crippen molar-refractivity contribution in [3.8, 4) is 0 Å². The second-order valence-corrected chi connectivity index (χ2v) is 5.40. The van der Waals surface area contributed by atoms with Crippen LogP contribution in [-0.2, 0) is 6.54 Å². The summed E-state index contributed by atoms with van der Waals surface area (Å²) in [6.45, 7) is 2.45. The molecule has 0 heterocycles. The Hall–Kier alpha value is -1.91. The molecule has 0 aliphatic heterocycles. The predicted molar refractivity (Wildman–Crippen MR) is 89.5 cm³/mol. The Labute approximate surface area is 134 Å². The second kappa shape index (κ2) is 7.20. The molecule has 3 nitrogen and oxygen atoms in total. The van der Waals surface area contributed by atoms with Crippen LogP contribution in [0, 0.1) is 6.92 Å². The zero-order valence-corrected chi connectivity index (χ0v) is 13.1. The fourth-order valence-electron chi connectivity index (χ4n) is 1.73. The van der Waals surface area contributed by atoms with Crippen molar-refractivity contribution >= 4 is 34.8 Å². The first-order chi connectivity index (χ1) is 10.1. The van der Waals surface area contributed by atoms with Gasteiger partial charge >= 0.3 is 0 Å². The van der Waals surface area contributed by atoms with E-state index >= 15 is 0 Å². The van der Waals surface area contributed by atoms with E-state index in [1.54, 1.807) is 18.2 Å². The molecule has 0 aliphatic carbocycles. The van der Waals surface area contributed by atoms with Crippen LogP contribution in [0.15, 0.2) is 48.5 Å². The van der Waals surface area contributed by atoms with E-state index in [2.05, 4.69) is 10.6 Å². The molecule has 108 valence electrons. The summed E-state index contributed by atoms with van der Waals surface area (Å²) >= 11 is 11.1. The fourth-order valence-corrected chi connectivity index (χ4v) is 2.08. The SMILES string of the molecule is Cc1ccc(C(=O)NC(=S)NCc2ccccc2)cc1Cl. The molecule has 0 spiro atoms. The van der Waals surface area contributed by atoms with Crippen LogP contribution < -0.4 is 10.6 Å². The van der Waals surface area contributed by atoms with Crippen molar-refractivity contribution in [2.24, 2.45) is 0 Å². The lowest BCUT2D eigenvalue weighted by Crippen LogP contribution is -2.38. The minimum atomic E-state index is -0.275. The minimum absolute atomic E-state index is 0.275. The van der Waals surface area contributed by atoms with Gasteiger partial charge in [0.05, 0.1) is 0 Å². The van der Waals surface area contributed by atoms with Gasteiger partial charge in [0.25, 0.3) is 5.91 Å². The minimum Gasteiger partial charge on any atom is -0.358 e. The fraction of sp³-hybridized carbons (Fsp3) is 0.125. The molecular weight excluding hydrogens is 304 g/mol. The van der Waals surface area contributed by atoms with Gasteiger partial charge in [-0.1, -0.05) is 48.0 Å². The van der Waals surface area contributed by atoms with E-state index in [4.69, 9.17) is 23.8 Å². The number of thiocarbonyl (C=S) groups is 1. The van der Waals surface area contributed by atoms with Crippen molar-refractivity contribution in [3.63, 3.8) is 0 Å². The number of halogens is 1. The maximum Gasteiger partial charge on any atom is 0.257 e. The third kappa shape index (κ3) is 4.55. The summed E-state index contributed by atoms with van der Waals surface area (Å²) in [5.74, 6) is -0.275. The molecule has 0 atom stereocenters. The van der Waals surface area contributed by atoms with E-state index in [0.29, 0.717) is 22.2 Å². The van der Waals surface area contributed by atoms with Crippen LogP contribution >= 0.6 is 23.8 Å². The van der Waals surface area contributed by atoms with E-state index in [9.17, 15) is 4.79 Å². The summed E-state index contributed by atoms with van der Waals surface area (Å²) in [6.07, 6.45) is 0. The van der Waals surface area contributed by atoms with Gasteiger partial charge in [-0.05, 0) is 42.4 Å². The summed E-state index contributed by atoms with van der Waals surface area (Å²) in [4.78, 5) is 12.0. The molecular formula is C16H15ClN2OS. The lowest BCUT2D eigenvalue weighted by Gasteiger charge is -2.10. The molecule has 2 N–H and O–H groups in total. The molecule has 0 radical (unpaired) electrons. The molecule has 0 fully saturated rings. The molecule has 2 aromatic rings. The summed E-state index contributed by atoms with van der Waals surface area (Å²) in [6, 6.07) is 15.0. The number of rotatable bonds is 3. The normalized spacial score (nSPS) is 10.0. The maximum atomic E-state index is 12.0. The highest BCUT2D eigenvalue weighted by Crippen LogP contribution is 2.16. The van der Waals surface area contributed by atoms with Gasteiger partial charge in [-0.2, -0.15) is 0 Å². The zero-order valence-electron chi connectivity index (χ0n) is 11.5. The monoisotopic (exact) mass is 318 g/mol. The van der Waals surface area contributed by atoms with Crippen LogP contribution in [0.25, 0.3) is 0 Å². The first-order valence-corrected chi connectivity index (χ1v) is 7.24. The number of hydrogen-bond acceptors (Lipinski definition) is 2. The lowest BCUT2D eigenvalue weighted by atomic mass is 10.1. The first-order valence-electron chi connectivity index (χ1n) is 6.45. The Balaban J connectivity index is 1.90. The summed E-state index contributed by atoms with van der Waals surface area (Å²) in [5.41, 5.74) is 2.50. The van der Waals surface area contributed by atoms with E-state index in [1.165, 1.54) is 0 Å². The summed E-state index contributed by atoms with van der Waals surface area (Å²) < 4.78 is 0. The van der Waals surface area contributed by atoms with Crippen molar-refractivity contribution in [1.29, 1.82) is 0 Å². The van der Waals surface area contributed by atoms with Gasteiger partial charge in [0.2, 0.25) is 0 Å². The standard InChI is InChI=1S/C16H15ClN2OS/c1-11-7-8-13(9-14(11)17)15(20)19-16(21)18-10-12-5-3-2-4-6-12/h2-9H,10H2,1H3,(H2,18,19,20,21). The zero-order chi connectivity index (χ0) is 15.2. The Bertz CT molecular complexity index is 659. The summed E-state index contributed by atoms with van der Waals surface area (Å²) in [5, 5.41) is 6.48. The van der Waals surface area contributed by atoms with Crippen LogP contribution in [0.5, 0.6) is 0 Å². The number of amides is 1. The molecule has 0 aromatic heterocycles. The van der Waals surface area contributed by atoms with Gasteiger partial charge in [0.1, 0.15) is 0 Å². The van der Waals surface area contributed by atoms with Gasteiger partial charge in [0.15, 0.2) is 5.11 Å². The van der Waals surface area contributed by atoms with Crippen LogP contribution in [0.2, 0.25) is 5.02 Å². The maximum absolute atomic E-state index is 12.0. The quantitative estimate of drug-likeness (QED) is 0.852. The predicted octanol–water partition coefficient (Wildman–Crippen LogP) is 3.45. The molecule has 0 unspecified atom stereocenters. The average molecular weight is 319 g/mol. The third-order valence-electron chi connectivity index (χ3n) is 2.96. The highest BCUT2D eigenvalue weighted by molar-refractivity contribution is 7.80. The highest BCUT2D eigenvalue weighted by Gasteiger charge is 2.09. The van der Waals surface area contributed by atoms with Crippen LogP contribution in [0.4, 0.5) is 0 Å². The smallest absolute Gasteiger partial charge is 0.257 e. The Morgan fingerprint density at radius 2 is 1.90 bits per heavy atom. The average Bonchev–Trinajstić information content (AvgIpc) is 2.49. The van der Waals surface area contributed by atoms with E-state index in [-0.39, 0.29) is 5.91 Å². The number of nitrogens with one attached hydrogen (secondary N) is 2. The molecule has 1 amide bonds. The van der Waals surface area contributed by atoms with E-state index in [0.717, 1.165) is 11.1 Å². The topological polar surface area (TPSA) is 41.1 Å². The number of benzene rings is 2. The third-order valence-corrected chi connectivity index (χ3v) is 3.61. The molecule has 0 aliphatic rings. The highest BCUT2D eigenvalue weighted by atomic mass is 35.5. The molecule has 21 heavy (non-hydrogen) atoms. The van der Waals surface area contributed by atoms with Gasteiger partial charge < -0.3 is 5.32 Å².